The summed E-state index contributed by atoms with van der Waals surface area (Å²) in [6.07, 6.45) is 3.80. The van der Waals surface area contributed by atoms with Gasteiger partial charge < -0.3 is 15.2 Å². The second-order valence-electron chi connectivity index (χ2n) is 8.79. The van der Waals surface area contributed by atoms with Crippen molar-refractivity contribution in [2.75, 3.05) is 12.4 Å². The summed E-state index contributed by atoms with van der Waals surface area (Å²) < 4.78 is 5.29. The van der Waals surface area contributed by atoms with Crippen molar-refractivity contribution in [2.45, 2.75) is 52.4 Å². The van der Waals surface area contributed by atoms with Gasteiger partial charge in [-0.2, -0.15) is 0 Å². The molecule has 0 radical (unpaired) electrons. The number of anilines is 1. The molecule has 2 heterocycles. The molecular formula is C22H27NO3S. The summed E-state index contributed by atoms with van der Waals surface area (Å²) in [4.78, 5) is 13.8. The van der Waals surface area contributed by atoms with E-state index in [1.54, 1.807) is 24.5 Å². The molecule has 1 aromatic heterocycles. The maximum Gasteiger partial charge on any atom is 0.225 e. The van der Waals surface area contributed by atoms with Crippen LogP contribution in [0.4, 0.5) is 5.00 Å². The fraction of sp³-hybridized carbons (Fsp3) is 0.500. The van der Waals surface area contributed by atoms with Crippen molar-refractivity contribution in [2.24, 2.45) is 11.3 Å². The molecule has 144 valence electrons. The number of ether oxygens (including phenoxy) is 1. The average molecular weight is 386 g/mol. The SMILES string of the molecule is COc1cc([C@H]2CC(=O)Nc3sc4c(c32)CC[C@H](C(C)(C)C)C4)ccc1O. The Morgan fingerprint density at radius 2 is 2.04 bits per heavy atom. The lowest BCUT2D eigenvalue weighted by Gasteiger charge is -2.34. The zero-order valence-corrected chi connectivity index (χ0v) is 17.2. The fourth-order valence-corrected chi connectivity index (χ4v) is 5.88. The van der Waals surface area contributed by atoms with E-state index in [9.17, 15) is 9.90 Å². The average Bonchev–Trinajstić information content (AvgIpc) is 2.97. The molecule has 4 nitrogen and oxygen atoms in total. The van der Waals surface area contributed by atoms with Crippen LogP contribution in [0.2, 0.25) is 0 Å². The Labute approximate surface area is 164 Å². The Bertz CT molecular complexity index is 894. The zero-order chi connectivity index (χ0) is 19.3. The zero-order valence-electron chi connectivity index (χ0n) is 16.4. The molecule has 1 aromatic carbocycles. The Hall–Kier alpha value is -2.01. The highest BCUT2D eigenvalue weighted by Crippen LogP contribution is 2.50. The van der Waals surface area contributed by atoms with E-state index >= 15 is 0 Å². The maximum absolute atomic E-state index is 12.4. The maximum atomic E-state index is 12.4. The molecule has 0 fully saturated rings. The van der Waals surface area contributed by atoms with E-state index in [0.29, 0.717) is 23.5 Å². The summed E-state index contributed by atoms with van der Waals surface area (Å²) in [6.45, 7) is 6.97. The van der Waals surface area contributed by atoms with Gasteiger partial charge in [0.1, 0.15) is 0 Å². The first kappa shape index (κ1) is 18.4. The van der Waals surface area contributed by atoms with Gasteiger partial charge in [-0.15, -0.1) is 11.3 Å². The monoisotopic (exact) mass is 385 g/mol. The molecule has 0 unspecified atom stereocenters. The van der Waals surface area contributed by atoms with Gasteiger partial charge in [0.05, 0.1) is 12.1 Å². The van der Waals surface area contributed by atoms with Crippen LogP contribution in [-0.4, -0.2) is 18.1 Å². The van der Waals surface area contributed by atoms with Gasteiger partial charge >= 0.3 is 0 Å². The first-order valence-corrected chi connectivity index (χ1v) is 10.4. The number of phenolic OH excluding ortho intramolecular Hbond substituents is 1. The molecule has 0 saturated heterocycles. The van der Waals surface area contributed by atoms with Gasteiger partial charge in [-0.05, 0) is 59.4 Å². The van der Waals surface area contributed by atoms with Crippen LogP contribution in [0.5, 0.6) is 11.5 Å². The first-order chi connectivity index (χ1) is 12.8. The smallest absolute Gasteiger partial charge is 0.225 e. The number of thiophene rings is 1. The van der Waals surface area contributed by atoms with Crippen molar-refractivity contribution in [3.05, 3.63) is 39.8 Å². The minimum absolute atomic E-state index is 0.0226. The van der Waals surface area contributed by atoms with Gasteiger partial charge in [0.25, 0.3) is 0 Å². The molecule has 4 rings (SSSR count). The lowest BCUT2D eigenvalue weighted by molar-refractivity contribution is -0.116. The van der Waals surface area contributed by atoms with Crippen LogP contribution in [-0.2, 0) is 17.6 Å². The molecule has 5 heteroatoms. The van der Waals surface area contributed by atoms with Crippen LogP contribution in [0.3, 0.4) is 0 Å². The van der Waals surface area contributed by atoms with Gasteiger partial charge in [-0.3, -0.25) is 4.79 Å². The number of carbonyl (C=O) groups is 1. The molecule has 2 atom stereocenters. The largest absolute Gasteiger partial charge is 0.504 e. The van der Waals surface area contributed by atoms with Crippen molar-refractivity contribution in [1.29, 1.82) is 0 Å². The number of methoxy groups -OCH3 is 1. The highest BCUT2D eigenvalue weighted by Gasteiger charge is 2.37. The summed E-state index contributed by atoms with van der Waals surface area (Å²) in [5.74, 6) is 1.34. The second-order valence-corrected chi connectivity index (χ2v) is 9.89. The summed E-state index contributed by atoms with van der Waals surface area (Å²) in [5, 5.41) is 14.1. The topological polar surface area (TPSA) is 58.6 Å². The third-order valence-corrected chi connectivity index (χ3v) is 7.31. The van der Waals surface area contributed by atoms with E-state index in [4.69, 9.17) is 4.74 Å². The Balaban J connectivity index is 1.77. The van der Waals surface area contributed by atoms with E-state index in [1.165, 1.54) is 22.4 Å². The fourth-order valence-electron chi connectivity index (χ4n) is 4.47. The number of benzene rings is 1. The van der Waals surface area contributed by atoms with Crippen molar-refractivity contribution >= 4 is 22.2 Å². The van der Waals surface area contributed by atoms with Gasteiger partial charge in [-0.1, -0.05) is 26.8 Å². The highest BCUT2D eigenvalue weighted by atomic mass is 32.1. The highest BCUT2D eigenvalue weighted by molar-refractivity contribution is 7.16. The molecule has 0 spiro atoms. The van der Waals surface area contributed by atoms with Crippen LogP contribution in [0.15, 0.2) is 18.2 Å². The van der Waals surface area contributed by atoms with Crippen LogP contribution >= 0.6 is 11.3 Å². The van der Waals surface area contributed by atoms with E-state index in [-0.39, 0.29) is 17.6 Å². The molecule has 1 amide bonds. The summed E-state index contributed by atoms with van der Waals surface area (Å²) in [7, 11) is 1.55. The molecule has 0 saturated carbocycles. The summed E-state index contributed by atoms with van der Waals surface area (Å²) in [6, 6.07) is 5.44. The van der Waals surface area contributed by atoms with E-state index in [1.807, 2.05) is 12.1 Å². The predicted octanol–water partition coefficient (Wildman–Crippen LogP) is 5.09. The number of hydrogen-bond acceptors (Lipinski definition) is 4. The number of amides is 1. The number of nitrogens with one attached hydrogen (secondary N) is 1. The van der Waals surface area contributed by atoms with Crippen molar-refractivity contribution in [3.8, 4) is 11.5 Å². The predicted molar refractivity (Wildman–Crippen MR) is 109 cm³/mol. The number of rotatable bonds is 2. The van der Waals surface area contributed by atoms with Crippen LogP contribution in [0.1, 0.15) is 61.1 Å². The van der Waals surface area contributed by atoms with Crippen molar-refractivity contribution in [1.82, 2.24) is 0 Å². The minimum atomic E-state index is 0.0226. The normalized spacial score (nSPS) is 22.0. The lowest BCUT2D eigenvalue weighted by Crippen LogP contribution is -2.27. The quantitative estimate of drug-likeness (QED) is 0.757. The van der Waals surface area contributed by atoms with E-state index in [0.717, 1.165) is 23.4 Å². The Kier molecular flexibility index (Phi) is 4.46. The number of fused-ring (bicyclic) bond motifs is 3. The van der Waals surface area contributed by atoms with Crippen LogP contribution < -0.4 is 10.1 Å². The Morgan fingerprint density at radius 1 is 1.26 bits per heavy atom. The van der Waals surface area contributed by atoms with E-state index in [2.05, 4.69) is 26.1 Å². The second kappa shape index (κ2) is 6.55. The van der Waals surface area contributed by atoms with Gasteiger partial charge in [0.2, 0.25) is 5.91 Å². The van der Waals surface area contributed by atoms with Gasteiger partial charge in [0, 0.05) is 17.2 Å². The number of phenols is 1. The molecule has 1 aliphatic heterocycles. The third kappa shape index (κ3) is 3.22. The molecule has 2 aliphatic rings. The molecule has 0 bridgehead atoms. The minimum Gasteiger partial charge on any atom is -0.504 e. The van der Waals surface area contributed by atoms with E-state index < -0.39 is 0 Å². The summed E-state index contributed by atoms with van der Waals surface area (Å²) >= 11 is 1.76. The molecule has 2 aromatic rings. The van der Waals surface area contributed by atoms with Crippen LogP contribution in [0.25, 0.3) is 0 Å². The molecule has 27 heavy (non-hydrogen) atoms. The molecule has 2 N–H and O–H groups in total. The van der Waals surface area contributed by atoms with Crippen molar-refractivity contribution < 1.29 is 14.6 Å². The Morgan fingerprint density at radius 3 is 2.74 bits per heavy atom. The third-order valence-electron chi connectivity index (χ3n) is 6.13. The van der Waals surface area contributed by atoms with Gasteiger partial charge in [-0.25, -0.2) is 0 Å². The molecule has 1 aliphatic carbocycles. The standard InChI is InChI=1S/C22H27NO3S/c1-22(2,3)13-6-7-14-18(10-13)27-21-20(14)15(11-19(25)23-21)12-5-8-16(24)17(9-12)26-4/h5,8-9,13,15,24H,6-7,10-11H2,1-4H3,(H,23,25)/t13-,15+/m0/s1. The van der Waals surface area contributed by atoms with Crippen LogP contribution in [0, 0.1) is 11.3 Å². The van der Waals surface area contributed by atoms with Gasteiger partial charge in [0.15, 0.2) is 11.5 Å². The number of aromatic hydroxyl groups is 1. The first-order valence-electron chi connectivity index (χ1n) is 9.59. The number of carbonyl (C=O) groups excluding carboxylic acids is 1. The molecular weight excluding hydrogens is 358 g/mol. The number of hydrogen-bond donors (Lipinski definition) is 2. The summed E-state index contributed by atoms with van der Waals surface area (Å²) in [5.41, 5.74) is 4.05. The lowest BCUT2D eigenvalue weighted by atomic mass is 9.71. The van der Waals surface area contributed by atoms with Crippen molar-refractivity contribution in [3.63, 3.8) is 0 Å².